The van der Waals surface area contributed by atoms with E-state index in [0.717, 1.165) is 108 Å². The van der Waals surface area contributed by atoms with E-state index in [2.05, 4.69) is 166 Å². The molecule has 3 aliphatic carbocycles. The van der Waals surface area contributed by atoms with E-state index in [9.17, 15) is 27.6 Å². The van der Waals surface area contributed by atoms with Crippen LogP contribution in [0, 0.1) is 31.6 Å². The van der Waals surface area contributed by atoms with Crippen molar-refractivity contribution in [2.75, 3.05) is 100 Å². The second-order valence-corrected chi connectivity index (χ2v) is 35.0. The van der Waals surface area contributed by atoms with Crippen LogP contribution < -0.4 is 50.7 Å². The maximum atomic E-state index is 14.5. The summed E-state index contributed by atoms with van der Waals surface area (Å²) in [5, 5.41) is 13.4. The van der Waals surface area contributed by atoms with Crippen LogP contribution in [0.15, 0.2) is 218 Å². The molecule has 6 fully saturated rings. The molecule has 640 valence electrons. The Balaban J connectivity index is 0.000000158. The van der Waals surface area contributed by atoms with Crippen molar-refractivity contribution in [2.24, 2.45) is 23.5 Å². The minimum atomic E-state index is -3.52. The average Bonchev–Trinajstić information content (AvgIpc) is 1.76. The number of aryl methyl sites for hydroxylation is 1. The molecular weight excluding hydrogens is 1540 g/mol. The van der Waals surface area contributed by atoms with Gasteiger partial charge in [0.15, 0.2) is 0 Å². The molecule has 0 radical (unpaired) electrons. The lowest BCUT2D eigenvalue weighted by molar-refractivity contribution is -0.139. The van der Waals surface area contributed by atoms with Crippen molar-refractivity contribution in [3.8, 4) is 56.4 Å². The number of nitrogens with zero attached hydrogens (tertiary/aromatic N) is 3. The molecule has 0 bridgehead atoms. The van der Waals surface area contributed by atoms with Gasteiger partial charge in [-0.25, -0.2) is 13.1 Å². The van der Waals surface area contributed by atoms with Crippen LogP contribution in [0.1, 0.15) is 121 Å². The Bertz CT molecular complexity index is 5030. The number of piperidine rings is 3. The van der Waals surface area contributed by atoms with E-state index in [1.807, 2.05) is 107 Å². The number of benzene rings is 9. The van der Waals surface area contributed by atoms with Gasteiger partial charge in [0.1, 0.15) is 23.0 Å². The Morgan fingerprint density at radius 1 is 0.421 bits per heavy atom. The van der Waals surface area contributed by atoms with Crippen molar-refractivity contribution >= 4 is 33.7 Å². The maximum Gasteiger partial charge on any atom is 0.228 e. The van der Waals surface area contributed by atoms with E-state index in [1.54, 1.807) is 28.4 Å². The number of carbonyl (C=O) groups excluding carboxylic acids is 4. The number of nitrogens with two attached hydrogens (primary N) is 1. The monoisotopic (exact) mass is 1660 g/mol. The van der Waals surface area contributed by atoms with E-state index in [0.29, 0.717) is 108 Å². The molecule has 15 rings (SSSR count). The molecule has 4 amide bonds. The molecule has 121 heavy (non-hydrogen) atoms. The summed E-state index contributed by atoms with van der Waals surface area (Å²) in [6.07, 6.45) is 8.76. The molecule has 0 aromatic heterocycles. The van der Waals surface area contributed by atoms with Crippen LogP contribution in [0.25, 0.3) is 33.4 Å². The third kappa shape index (κ3) is 24.1. The fourth-order valence-corrected chi connectivity index (χ4v) is 18.3. The highest BCUT2D eigenvalue weighted by molar-refractivity contribution is 7.88. The fourth-order valence-electron chi connectivity index (χ4n) is 17.6. The third-order valence-corrected chi connectivity index (χ3v) is 24.9. The second kappa shape index (κ2) is 42.5. The molecule has 0 unspecified atom stereocenters. The predicted octanol–water partition coefficient (Wildman–Crippen LogP) is 13.8. The van der Waals surface area contributed by atoms with Crippen LogP contribution >= 0.6 is 0 Å². The molecule has 21 nitrogen and oxygen atoms in total. The van der Waals surface area contributed by atoms with Gasteiger partial charge in [-0.1, -0.05) is 182 Å². The summed E-state index contributed by atoms with van der Waals surface area (Å²) in [6, 6.07) is 73.8. The zero-order chi connectivity index (χ0) is 84.9. The molecule has 9 aromatic carbocycles. The highest BCUT2D eigenvalue weighted by Crippen LogP contribution is 2.43. The second-order valence-electron chi connectivity index (χ2n) is 33.2. The van der Waals surface area contributed by atoms with E-state index in [1.165, 1.54) is 41.0 Å². The number of nitrogens with one attached hydrogen (secondary N) is 5. The number of methoxy groups -OCH3 is 4. The fraction of sp³-hybridized carbons (Fsp3) is 0.414. The maximum absolute atomic E-state index is 14.5. The van der Waals surface area contributed by atoms with Gasteiger partial charge < -0.3 is 70.1 Å². The molecule has 3 aliphatic heterocycles. The number of ether oxygens (including phenoxy) is 6. The van der Waals surface area contributed by atoms with E-state index < -0.39 is 22.0 Å². The molecule has 6 aliphatic rings. The average molecular weight is 1660 g/mol. The van der Waals surface area contributed by atoms with Gasteiger partial charge in [-0.15, -0.1) is 0 Å². The van der Waals surface area contributed by atoms with Crippen LogP contribution in [0.3, 0.4) is 0 Å². The lowest BCUT2D eigenvalue weighted by Crippen LogP contribution is -2.57. The van der Waals surface area contributed by atoms with Crippen molar-refractivity contribution in [3.63, 3.8) is 0 Å². The summed E-state index contributed by atoms with van der Waals surface area (Å²) >= 11 is 0. The van der Waals surface area contributed by atoms with Crippen LogP contribution in [-0.2, 0) is 58.3 Å². The summed E-state index contributed by atoms with van der Waals surface area (Å²) in [5.41, 5.74) is 22.2. The zero-order valence-corrected chi connectivity index (χ0v) is 72.1. The van der Waals surface area contributed by atoms with Gasteiger partial charge in [-0.2, -0.15) is 0 Å². The molecule has 22 heteroatoms. The minimum Gasteiger partial charge on any atom is -0.497 e. The Morgan fingerprint density at radius 2 is 0.793 bits per heavy atom. The standard InChI is InChI=1S/C35H43N3O5.C34H43N3O6S.C30H35N3O/c1-24(39)37-33-22-36-21-32(34(33)28-12-7-11-27(19-28)26-9-5-4-6-10-26)35(40)38(29-13-14-29)23-25-17-30(42-3)20-31(18-25)43-16-8-15-41-2;1-41-15-8-16-43-30-18-24(17-29(20-30)42-2)23-37(28-13-14-28)34(38)31-21-35-22-32(36-44(3,39)40)33(31)27-12-7-11-26(19-27)25-9-5-4-6-10-25;1-20-8-6-13-25(21(20)2)19-33(26-14-15-26)30(34)27-17-32-18-28(31)29(27)24-12-7-11-23(16-24)22-9-4-3-5-10-22/h4-7,9-12,17-20,29,32-34,36H,8,13-16,21-23H2,1-3H3,(H,37,39);4-7,9-12,17-20,28,31-33,35-36H,8,13-16,21-23H2,1-3H3;3-13,16,26-29,32H,14-15,17-19,31H2,1-2H3/t32-,33+,34+;31-,32+,33+;27-,28+,29+/m000/s1. The normalized spacial score (nSPS) is 20.7. The quantitative estimate of drug-likeness (QED) is 0.0209. The first kappa shape index (κ1) is 88.5. The molecule has 0 spiro atoms. The van der Waals surface area contributed by atoms with Crippen LogP contribution in [0.2, 0.25) is 0 Å². The Morgan fingerprint density at radius 3 is 1.20 bits per heavy atom. The van der Waals surface area contributed by atoms with Gasteiger partial charge in [0.2, 0.25) is 33.7 Å². The van der Waals surface area contributed by atoms with Crippen molar-refractivity contribution < 1.29 is 56.0 Å². The highest BCUT2D eigenvalue weighted by Gasteiger charge is 2.48. The van der Waals surface area contributed by atoms with E-state index in [-0.39, 0.29) is 77.4 Å². The molecular formula is C99H121N9O12S. The number of carbonyl (C=O) groups is 4. The van der Waals surface area contributed by atoms with Crippen LogP contribution in [-0.4, -0.2) is 183 Å². The first-order valence-electron chi connectivity index (χ1n) is 42.9. The van der Waals surface area contributed by atoms with Gasteiger partial charge in [-0.3, -0.25) is 19.2 Å². The van der Waals surface area contributed by atoms with Gasteiger partial charge in [0.05, 0.1) is 51.4 Å². The Hall–Kier alpha value is -10.3. The zero-order valence-electron chi connectivity index (χ0n) is 71.3. The van der Waals surface area contributed by atoms with Crippen molar-refractivity contribution in [3.05, 3.63) is 263 Å². The molecule has 3 saturated heterocycles. The summed E-state index contributed by atoms with van der Waals surface area (Å²) in [4.78, 5) is 61.6. The largest absolute Gasteiger partial charge is 0.497 e. The van der Waals surface area contributed by atoms with Crippen molar-refractivity contribution in [2.45, 2.75) is 146 Å². The summed E-state index contributed by atoms with van der Waals surface area (Å²) in [7, 11) is 3.08. The molecule has 3 saturated carbocycles. The summed E-state index contributed by atoms with van der Waals surface area (Å²) in [6.45, 7) is 13.1. The number of sulfonamides is 1. The van der Waals surface area contributed by atoms with Crippen LogP contribution in [0.4, 0.5) is 0 Å². The van der Waals surface area contributed by atoms with Gasteiger partial charge in [-0.05, 0) is 155 Å². The van der Waals surface area contributed by atoms with Gasteiger partial charge >= 0.3 is 0 Å². The molecule has 3 heterocycles. The number of hydrogen-bond donors (Lipinski definition) is 6. The predicted molar refractivity (Wildman–Crippen MR) is 477 cm³/mol. The summed E-state index contributed by atoms with van der Waals surface area (Å²) in [5.74, 6) is 1.52. The topological polar surface area (TPSA) is 254 Å². The van der Waals surface area contributed by atoms with E-state index >= 15 is 0 Å². The SMILES string of the molecule is COCCCOc1cc(CN(C(=O)[C@H]2CNC[C@@H](NC(C)=O)[C@@H]2c2cccc(-c3ccccc3)c2)C2CC2)cc(OC)c1.COCCCOc1cc(CN(C(=O)[C@H]2CNC[C@@H](NS(C)(=O)=O)[C@@H]2c2cccc(-c3ccccc3)c2)C2CC2)cc(OC)c1.Cc1cccc(CN(C(=O)[C@H]2CNC[C@@H](N)[C@@H]2c2cccc(-c3ccccc3)c2)C2CC2)c1C. The Labute approximate surface area is 715 Å². The van der Waals surface area contributed by atoms with Gasteiger partial charge in [0, 0.05) is 172 Å². The Kier molecular flexibility index (Phi) is 31.1. The lowest BCUT2D eigenvalue weighted by Gasteiger charge is -2.41. The highest BCUT2D eigenvalue weighted by atomic mass is 32.2. The van der Waals surface area contributed by atoms with Crippen LogP contribution in [0.5, 0.6) is 23.0 Å². The first-order valence-corrected chi connectivity index (χ1v) is 44.8. The number of amides is 4. The summed E-state index contributed by atoms with van der Waals surface area (Å²) < 4.78 is 61.1. The van der Waals surface area contributed by atoms with Crippen molar-refractivity contribution in [1.82, 2.24) is 40.7 Å². The molecule has 9 aromatic rings. The molecule has 9 atom stereocenters. The smallest absolute Gasteiger partial charge is 0.228 e. The number of rotatable bonds is 33. The minimum absolute atomic E-state index is 0.00253. The van der Waals surface area contributed by atoms with E-state index in [4.69, 9.17) is 34.2 Å². The van der Waals surface area contributed by atoms with Crippen molar-refractivity contribution in [1.29, 1.82) is 0 Å². The van der Waals surface area contributed by atoms with Gasteiger partial charge in [0.25, 0.3) is 0 Å². The third-order valence-electron chi connectivity index (χ3n) is 24.1. The lowest BCUT2D eigenvalue weighted by atomic mass is 9.76. The molecule has 7 N–H and O–H groups in total. The number of hydrogen-bond acceptors (Lipinski definition) is 16. The first-order chi connectivity index (χ1) is 58.7.